The normalized spacial score (nSPS) is 34.9. The van der Waals surface area contributed by atoms with Crippen molar-refractivity contribution in [2.24, 2.45) is 5.92 Å². The molecule has 0 heterocycles. The van der Waals surface area contributed by atoms with Gasteiger partial charge in [0.15, 0.2) is 0 Å². The number of hydrogen-bond donors (Lipinski definition) is 1. The Bertz CT molecular complexity index is 118. The molecule has 1 N–H and O–H groups in total. The summed E-state index contributed by atoms with van der Waals surface area (Å²) in [7, 11) is 0. The highest BCUT2D eigenvalue weighted by Gasteiger charge is 2.22. The molecule has 2 atom stereocenters. The van der Waals surface area contributed by atoms with E-state index in [4.69, 9.17) is 5.11 Å². The van der Waals surface area contributed by atoms with E-state index in [0.717, 1.165) is 19.3 Å². The molecule has 1 rings (SSSR count). The highest BCUT2D eigenvalue weighted by molar-refractivity contribution is 4.99. The summed E-state index contributed by atoms with van der Waals surface area (Å²) >= 11 is 0. The number of aliphatic hydroxyl groups excluding tert-OH is 1. The number of aliphatic hydroxyl groups is 1. The molecule has 9 heavy (non-hydrogen) atoms. The Balaban J connectivity index is 2.39. The quantitative estimate of drug-likeness (QED) is 0.530. The molecular formula is C8H14O. The third-order valence-corrected chi connectivity index (χ3v) is 2.10. The predicted molar refractivity (Wildman–Crippen MR) is 38.2 cm³/mol. The summed E-state index contributed by atoms with van der Waals surface area (Å²) in [5.41, 5.74) is 1.23. The van der Waals surface area contributed by atoms with E-state index in [2.05, 4.69) is 6.58 Å². The van der Waals surface area contributed by atoms with Crippen molar-refractivity contribution >= 4 is 0 Å². The summed E-state index contributed by atoms with van der Waals surface area (Å²) in [6.45, 7) is 5.90. The standard InChI is InChI=1S/C8H14O/c1-6(2)7-3-4-8(9)5-7/h7-9H,1,3-5H2,2H3/t7-,8-/m1/s1. The zero-order valence-corrected chi connectivity index (χ0v) is 5.93. The summed E-state index contributed by atoms with van der Waals surface area (Å²) in [4.78, 5) is 0. The van der Waals surface area contributed by atoms with Crippen molar-refractivity contribution in [3.63, 3.8) is 0 Å². The Morgan fingerprint density at radius 1 is 1.56 bits per heavy atom. The molecule has 0 bridgehead atoms. The number of hydrogen-bond acceptors (Lipinski definition) is 1. The third-order valence-electron chi connectivity index (χ3n) is 2.10. The molecule has 1 nitrogen and oxygen atoms in total. The van der Waals surface area contributed by atoms with E-state index >= 15 is 0 Å². The molecule has 0 saturated heterocycles. The Kier molecular flexibility index (Phi) is 1.91. The van der Waals surface area contributed by atoms with Gasteiger partial charge < -0.3 is 5.11 Å². The molecule has 1 aliphatic carbocycles. The Morgan fingerprint density at radius 3 is 2.44 bits per heavy atom. The van der Waals surface area contributed by atoms with Gasteiger partial charge in [-0.15, -0.1) is 0 Å². The van der Waals surface area contributed by atoms with E-state index in [1.54, 1.807) is 0 Å². The van der Waals surface area contributed by atoms with Gasteiger partial charge in [-0.2, -0.15) is 0 Å². The van der Waals surface area contributed by atoms with E-state index in [0.29, 0.717) is 5.92 Å². The van der Waals surface area contributed by atoms with Crippen molar-refractivity contribution in [3.8, 4) is 0 Å². The van der Waals surface area contributed by atoms with Crippen LogP contribution < -0.4 is 0 Å². The maximum atomic E-state index is 9.11. The Labute approximate surface area is 56.4 Å². The molecule has 0 aliphatic heterocycles. The molecule has 1 heteroatoms. The molecule has 1 aliphatic rings. The van der Waals surface area contributed by atoms with Gasteiger partial charge >= 0.3 is 0 Å². The summed E-state index contributed by atoms with van der Waals surface area (Å²) in [5, 5.41) is 9.11. The Morgan fingerprint density at radius 2 is 2.22 bits per heavy atom. The monoisotopic (exact) mass is 126 g/mol. The van der Waals surface area contributed by atoms with E-state index in [1.165, 1.54) is 5.57 Å². The molecular weight excluding hydrogens is 112 g/mol. The highest BCUT2D eigenvalue weighted by atomic mass is 16.3. The van der Waals surface area contributed by atoms with Crippen molar-refractivity contribution in [1.29, 1.82) is 0 Å². The van der Waals surface area contributed by atoms with Crippen LogP contribution in [0, 0.1) is 5.92 Å². The molecule has 0 aromatic carbocycles. The summed E-state index contributed by atoms with van der Waals surface area (Å²) in [6, 6.07) is 0. The first-order valence-electron chi connectivity index (χ1n) is 3.53. The van der Waals surface area contributed by atoms with Gasteiger partial charge in [-0.25, -0.2) is 0 Å². The minimum Gasteiger partial charge on any atom is -0.393 e. The van der Waals surface area contributed by atoms with Crippen LogP contribution in [0.4, 0.5) is 0 Å². The lowest BCUT2D eigenvalue weighted by molar-refractivity contribution is 0.179. The summed E-state index contributed by atoms with van der Waals surface area (Å²) < 4.78 is 0. The van der Waals surface area contributed by atoms with Gasteiger partial charge in [-0.3, -0.25) is 0 Å². The lowest BCUT2D eigenvalue weighted by Crippen LogP contribution is -2.00. The maximum Gasteiger partial charge on any atom is 0.0546 e. The fourth-order valence-electron chi connectivity index (χ4n) is 1.41. The summed E-state index contributed by atoms with van der Waals surface area (Å²) in [6.07, 6.45) is 3.00. The van der Waals surface area contributed by atoms with Gasteiger partial charge in [0.25, 0.3) is 0 Å². The molecule has 0 amide bonds. The van der Waals surface area contributed by atoms with E-state index in [1.807, 2.05) is 6.92 Å². The molecule has 1 fully saturated rings. The lowest BCUT2D eigenvalue weighted by Gasteiger charge is -2.06. The van der Waals surface area contributed by atoms with Crippen LogP contribution in [0.1, 0.15) is 26.2 Å². The first-order valence-corrected chi connectivity index (χ1v) is 3.53. The van der Waals surface area contributed by atoms with Crippen LogP contribution in [-0.4, -0.2) is 11.2 Å². The average Bonchev–Trinajstić information content (AvgIpc) is 2.14. The van der Waals surface area contributed by atoms with Gasteiger partial charge in [0, 0.05) is 0 Å². The minimum atomic E-state index is -0.0494. The molecule has 0 radical (unpaired) electrons. The average molecular weight is 126 g/mol. The summed E-state index contributed by atoms with van der Waals surface area (Å²) in [5.74, 6) is 0.597. The van der Waals surface area contributed by atoms with Crippen molar-refractivity contribution < 1.29 is 5.11 Å². The van der Waals surface area contributed by atoms with Crippen LogP contribution >= 0.6 is 0 Å². The van der Waals surface area contributed by atoms with E-state index in [-0.39, 0.29) is 6.10 Å². The van der Waals surface area contributed by atoms with Crippen molar-refractivity contribution in [2.75, 3.05) is 0 Å². The van der Waals surface area contributed by atoms with Crippen molar-refractivity contribution in [1.82, 2.24) is 0 Å². The smallest absolute Gasteiger partial charge is 0.0546 e. The van der Waals surface area contributed by atoms with Gasteiger partial charge in [0.05, 0.1) is 6.10 Å². The third kappa shape index (κ3) is 1.55. The zero-order valence-electron chi connectivity index (χ0n) is 5.93. The lowest BCUT2D eigenvalue weighted by atomic mass is 10.0. The second-order valence-electron chi connectivity index (χ2n) is 3.01. The van der Waals surface area contributed by atoms with Crippen LogP contribution in [-0.2, 0) is 0 Å². The van der Waals surface area contributed by atoms with Crippen LogP contribution in [0.3, 0.4) is 0 Å². The van der Waals surface area contributed by atoms with Crippen molar-refractivity contribution in [2.45, 2.75) is 32.3 Å². The second kappa shape index (κ2) is 2.53. The fourth-order valence-corrected chi connectivity index (χ4v) is 1.41. The van der Waals surface area contributed by atoms with Crippen LogP contribution in [0.15, 0.2) is 12.2 Å². The second-order valence-corrected chi connectivity index (χ2v) is 3.01. The first-order chi connectivity index (χ1) is 4.20. The first kappa shape index (κ1) is 6.81. The van der Waals surface area contributed by atoms with Crippen LogP contribution in [0.5, 0.6) is 0 Å². The topological polar surface area (TPSA) is 20.2 Å². The predicted octanol–water partition coefficient (Wildman–Crippen LogP) is 1.72. The highest BCUT2D eigenvalue weighted by Crippen LogP contribution is 2.29. The van der Waals surface area contributed by atoms with Crippen LogP contribution in [0.25, 0.3) is 0 Å². The van der Waals surface area contributed by atoms with Gasteiger partial charge in [-0.05, 0) is 32.1 Å². The minimum absolute atomic E-state index is 0.0494. The SMILES string of the molecule is C=C(C)[C@@H]1CC[C@@H](O)C1. The zero-order chi connectivity index (χ0) is 6.85. The number of rotatable bonds is 1. The molecule has 0 unspecified atom stereocenters. The molecule has 0 spiro atoms. The van der Waals surface area contributed by atoms with Gasteiger partial charge in [-0.1, -0.05) is 12.2 Å². The maximum absolute atomic E-state index is 9.11. The molecule has 0 aromatic rings. The van der Waals surface area contributed by atoms with E-state index in [9.17, 15) is 0 Å². The van der Waals surface area contributed by atoms with Crippen molar-refractivity contribution in [3.05, 3.63) is 12.2 Å². The Hall–Kier alpha value is -0.300. The molecule has 0 aromatic heterocycles. The van der Waals surface area contributed by atoms with E-state index < -0.39 is 0 Å². The number of allylic oxidation sites excluding steroid dienone is 1. The molecule has 1 saturated carbocycles. The fraction of sp³-hybridized carbons (Fsp3) is 0.750. The molecule has 52 valence electrons. The van der Waals surface area contributed by atoms with Gasteiger partial charge in [0.1, 0.15) is 0 Å². The van der Waals surface area contributed by atoms with Crippen LogP contribution in [0.2, 0.25) is 0 Å². The largest absolute Gasteiger partial charge is 0.393 e. The van der Waals surface area contributed by atoms with Gasteiger partial charge in [0.2, 0.25) is 0 Å².